The van der Waals surface area contributed by atoms with Gasteiger partial charge in [-0.2, -0.15) is 0 Å². The molecule has 17 heavy (non-hydrogen) atoms. The maximum atomic E-state index is 10.4. The molecule has 0 heterocycles. The fourth-order valence-electron chi connectivity index (χ4n) is 1.53. The summed E-state index contributed by atoms with van der Waals surface area (Å²) >= 11 is 0. The summed E-state index contributed by atoms with van der Waals surface area (Å²) in [4.78, 5) is 12.6. The molecule has 0 spiro atoms. The highest BCUT2D eigenvalue weighted by atomic mass is 16.4. The molecular weight excluding hydrogens is 214 g/mol. The maximum Gasteiger partial charge on any atom is 0.328 e. The Hall–Kier alpha value is -1.77. The molecule has 0 aromatic heterocycles. The van der Waals surface area contributed by atoms with Crippen molar-refractivity contribution in [2.45, 2.75) is 19.8 Å². The first-order valence-electron chi connectivity index (χ1n) is 5.85. The van der Waals surface area contributed by atoms with E-state index in [4.69, 9.17) is 5.11 Å². The summed E-state index contributed by atoms with van der Waals surface area (Å²) in [7, 11) is 2.07. The van der Waals surface area contributed by atoms with Gasteiger partial charge in [0.25, 0.3) is 0 Å². The molecule has 0 aliphatic heterocycles. The quantitative estimate of drug-likeness (QED) is 0.768. The third kappa shape index (κ3) is 4.72. The number of nitrogens with zero attached hydrogens (tertiary/aromatic N) is 1. The second-order valence-electron chi connectivity index (χ2n) is 4.04. The molecule has 0 radical (unpaired) electrons. The lowest BCUT2D eigenvalue weighted by atomic mass is 10.2. The lowest BCUT2D eigenvalue weighted by Crippen LogP contribution is -2.17. The molecule has 0 amide bonds. The Balaban J connectivity index is 2.64. The predicted octanol–water partition coefficient (Wildman–Crippen LogP) is 3.02. The van der Waals surface area contributed by atoms with E-state index in [0.717, 1.165) is 23.9 Å². The Morgan fingerprint density at radius 2 is 2.00 bits per heavy atom. The summed E-state index contributed by atoms with van der Waals surface area (Å²) in [5.74, 6) is -0.922. The smallest absolute Gasteiger partial charge is 0.328 e. The van der Waals surface area contributed by atoms with Crippen molar-refractivity contribution < 1.29 is 9.90 Å². The molecule has 3 nitrogen and oxygen atoms in total. The van der Waals surface area contributed by atoms with Gasteiger partial charge in [-0.05, 0) is 30.2 Å². The van der Waals surface area contributed by atoms with Crippen molar-refractivity contribution in [3.05, 3.63) is 35.9 Å². The van der Waals surface area contributed by atoms with Gasteiger partial charge in [0, 0.05) is 25.4 Å². The van der Waals surface area contributed by atoms with E-state index in [1.54, 1.807) is 6.08 Å². The van der Waals surface area contributed by atoms with Gasteiger partial charge in [-0.1, -0.05) is 25.5 Å². The highest BCUT2D eigenvalue weighted by Crippen LogP contribution is 2.15. The average molecular weight is 233 g/mol. The Bertz CT molecular complexity index is 382. The molecule has 3 heteroatoms. The third-order valence-corrected chi connectivity index (χ3v) is 2.60. The molecule has 0 saturated heterocycles. The zero-order valence-electron chi connectivity index (χ0n) is 10.4. The molecule has 1 N–H and O–H groups in total. The van der Waals surface area contributed by atoms with Crippen LogP contribution >= 0.6 is 0 Å². The molecule has 0 saturated carbocycles. The van der Waals surface area contributed by atoms with E-state index in [9.17, 15) is 4.79 Å². The first-order valence-corrected chi connectivity index (χ1v) is 5.85. The van der Waals surface area contributed by atoms with Crippen LogP contribution in [0.1, 0.15) is 25.3 Å². The fourth-order valence-corrected chi connectivity index (χ4v) is 1.53. The van der Waals surface area contributed by atoms with Gasteiger partial charge in [-0.3, -0.25) is 0 Å². The third-order valence-electron chi connectivity index (χ3n) is 2.60. The molecule has 1 aromatic carbocycles. The van der Waals surface area contributed by atoms with Gasteiger partial charge in [0.2, 0.25) is 0 Å². The molecular formula is C14H19NO2. The average Bonchev–Trinajstić information content (AvgIpc) is 2.34. The van der Waals surface area contributed by atoms with E-state index in [1.165, 1.54) is 12.8 Å². The summed E-state index contributed by atoms with van der Waals surface area (Å²) in [5, 5.41) is 8.52. The highest BCUT2D eigenvalue weighted by molar-refractivity contribution is 5.85. The van der Waals surface area contributed by atoms with Crippen molar-refractivity contribution in [3.8, 4) is 0 Å². The van der Waals surface area contributed by atoms with E-state index >= 15 is 0 Å². The number of carboxylic acids is 1. The van der Waals surface area contributed by atoms with Crippen LogP contribution in [0.25, 0.3) is 6.08 Å². The number of carboxylic acid groups (broad SMARTS) is 1. The van der Waals surface area contributed by atoms with Gasteiger partial charge in [0.1, 0.15) is 0 Å². The molecule has 0 unspecified atom stereocenters. The van der Waals surface area contributed by atoms with Gasteiger partial charge < -0.3 is 10.0 Å². The van der Waals surface area contributed by atoms with E-state index in [0.29, 0.717) is 0 Å². The topological polar surface area (TPSA) is 40.5 Å². The van der Waals surface area contributed by atoms with Crippen LogP contribution in [0.3, 0.4) is 0 Å². The monoisotopic (exact) mass is 233 g/mol. The summed E-state index contributed by atoms with van der Waals surface area (Å²) in [5.41, 5.74) is 2.06. The summed E-state index contributed by atoms with van der Waals surface area (Å²) in [6.07, 6.45) is 5.11. The van der Waals surface area contributed by atoms with Crippen LogP contribution in [-0.4, -0.2) is 24.7 Å². The highest BCUT2D eigenvalue weighted by Gasteiger charge is 1.99. The van der Waals surface area contributed by atoms with Crippen LogP contribution in [0, 0.1) is 0 Å². The Kier molecular flexibility index (Phi) is 5.27. The minimum atomic E-state index is -0.922. The maximum absolute atomic E-state index is 10.4. The minimum absolute atomic E-state index is 0.903. The number of hydrogen-bond acceptors (Lipinski definition) is 2. The first-order chi connectivity index (χ1) is 8.13. The van der Waals surface area contributed by atoms with Crippen molar-refractivity contribution in [1.82, 2.24) is 0 Å². The van der Waals surface area contributed by atoms with Crippen molar-refractivity contribution in [2.75, 3.05) is 18.5 Å². The molecule has 0 atom stereocenters. The molecule has 0 aliphatic rings. The van der Waals surface area contributed by atoms with Crippen LogP contribution < -0.4 is 4.90 Å². The zero-order chi connectivity index (χ0) is 12.7. The van der Waals surface area contributed by atoms with Crippen LogP contribution in [0.15, 0.2) is 30.3 Å². The van der Waals surface area contributed by atoms with Crippen molar-refractivity contribution in [3.63, 3.8) is 0 Å². The minimum Gasteiger partial charge on any atom is -0.478 e. The fraction of sp³-hybridized carbons (Fsp3) is 0.357. The Labute approximate surface area is 102 Å². The Morgan fingerprint density at radius 1 is 1.35 bits per heavy atom. The number of carbonyl (C=O) groups is 1. The van der Waals surface area contributed by atoms with Crippen molar-refractivity contribution in [1.29, 1.82) is 0 Å². The number of unbranched alkanes of at least 4 members (excludes halogenated alkanes) is 1. The van der Waals surface area contributed by atoms with E-state index in [1.807, 2.05) is 24.3 Å². The number of aliphatic carboxylic acids is 1. The number of anilines is 1. The molecule has 0 aliphatic carbocycles. The zero-order valence-corrected chi connectivity index (χ0v) is 10.4. The number of hydrogen-bond donors (Lipinski definition) is 1. The normalized spacial score (nSPS) is 10.7. The molecule has 92 valence electrons. The van der Waals surface area contributed by atoms with E-state index in [2.05, 4.69) is 18.9 Å². The lowest BCUT2D eigenvalue weighted by molar-refractivity contribution is -0.131. The van der Waals surface area contributed by atoms with Gasteiger partial charge in [-0.15, -0.1) is 0 Å². The van der Waals surface area contributed by atoms with Gasteiger partial charge in [-0.25, -0.2) is 4.79 Å². The molecule has 1 aromatic rings. The SMILES string of the molecule is CCCCN(C)c1ccc(/C=C/C(=O)O)cc1. The summed E-state index contributed by atoms with van der Waals surface area (Å²) in [6.45, 7) is 3.22. The van der Waals surface area contributed by atoms with Gasteiger partial charge in [0.05, 0.1) is 0 Å². The number of benzene rings is 1. The van der Waals surface area contributed by atoms with E-state index < -0.39 is 5.97 Å². The summed E-state index contributed by atoms with van der Waals surface area (Å²) < 4.78 is 0. The molecule has 0 bridgehead atoms. The van der Waals surface area contributed by atoms with Crippen LogP contribution in [0.2, 0.25) is 0 Å². The number of rotatable bonds is 6. The second-order valence-corrected chi connectivity index (χ2v) is 4.04. The standard InChI is InChI=1S/C14H19NO2/c1-3-4-11-15(2)13-8-5-12(6-9-13)7-10-14(16)17/h5-10H,3-4,11H2,1-2H3,(H,16,17)/b10-7+. The van der Waals surface area contributed by atoms with Crippen molar-refractivity contribution >= 4 is 17.7 Å². The summed E-state index contributed by atoms with van der Waals surface area (Å²) in [6, 6.07) is 7.88. The van der Waals surface area contributed by atoms with Gasteiger partial charge >= 0.3 is 5.97 Å². The predicted molar refractivity (Wildman–Crippen MR) is 71.3 cm³/mol. The second kappa shape index (κ2) is 6.74. The Morgan fingerprint density at radius 3 is 2.53 bits per heavy atom. The molecule has 1 rings (SSSR count). The van der Waals surface area contributed by atoms with Crippen molar-refractivity contribution in [2.24, 2.45) is 0 Å². The van der Waals surface area contributed by atoms with Gasteiger partial charge in [0.15, 0.2) is 0 Å². The van der Waals surface area contributed by atoms with E-state index in [-0.39, 0.29) is 0 Å². The molecule has 0 fully saturated rings. The van der Waals surface area contributed by atoms with Crippen LogP contribution in [0.5, 0.6) is 0 Å². The van der Waals surface area contributed by atoms with Crippen LogP contribution in [0.4, 0.5) is 5.69 Å². The lowest BCUT2D eigenvalue weighted by Gasteiger charge is -2.18. The van der Waals surface area contributed by atoms with Crippen LogP contribution in [-0.2, 0) is 4.79 Å². The first kappa shape index (κ1) is 13.3. The largest absolute Gasteiger partial charge is 0.478 e.